The van der Waals surface area contributed by atoms with E-state index in [2.05, 4.69) is 0 Å². The van der Waals surface area contributed by atoms with Crippen LogP contribution in [0.3, 0.4) is 0 Å². The topological polar surface area (TPSA) is 83.6 Å². The van der Waals surface area contributed by atoms with Gasteiger partial charge in [0.15, 0.2) is 0 Å². The summed E-state index contributed by atoms with van der Waals surface area (Å²) in [6.45, 7) is 0.176. The summed E-state index contributed by atoms with van der Waals surface area (Å²) >= 11 is 5.78. The number of carboxylic acid groups (broad SMARTS) is 1. The normalized spacial score (nSPS) is 19.7. The molecule has 1 unspecified atom stereocenters. The summed E-state index contributed by atoms with van der Waals surface area (Å²) < 4.78 is 0. The zero-order valence-corrected chi connectivity index (χ0v) is 9.65. The molecule has 1 atom stereocenters. The molecule has 0 bridgehead atoms. The highest BCUT2D eigenvalue weighted by molar-refractivity contribution is 6.33. The summed E-state index contributed by atoms with van der Waals surface area (Å²) in [4.78, 5) is 23.9. The van der Waals surface area contributed by atoms with Crippen LogP contribution in [0.2, 0.25) is 5.02 Å². The fourth-order valence-corrected chi connectivity index (χ4v) is 1.94. The lowest BCUT2D eigenvalue weighted by atomic mass is 10.1. The average molecular weight is 255 g/mol. The lowest BCUT2D eigenvalue weighted by Crippen LogP contribution is -2.25. The molecule has 6 heteroatoms. The summed E-state index contributed by atoms with van der Waals surface area (Å²) in [6, 6.07) is 4.82. The van der Waals surface area contributed by atoms with E-state index < -0.39 is 11.9 Å². The van der Waals surface area contributed by atoms with Crippen LogP contribution in [0.1, 0.15) is 6.42 Å². The molecule has 1 amide bonds. The highest BCUT2D eigenvalue weighted by Gasteiger charge is 2.35. The molecule has 2 rings (SSSR count). The number of carbonyl (C=O) groups excluding carboxylic acids is 1. The van der Waals surface area contributed by atoms with Crippen LogP contribution in [-0.4, -0.2) is 23.5 Å². The number of anilines is 2. The number of hydrogen-bond donors (Lipinski definition) is 2. The minimum atomic E-state index is -0.956. The molecule has 17 heavy (non-hydrogen) atoms. The number of carboxylic acids is 1. The van der Waals surface area contributed by atoms with E-state index in [1.54, 1.807) is 18.2 Å². The van der Waals surface area contributed by atoms with E-state index in [-0.39, 0.29) is 18.9 Å². The van der Waals surface area contributed by atoms with Crippen LogP contribution in [0.15, 0.2) is 18.2 Å². The van der Waals surface area contributed by atoms with Crippen LogP contribution in [0.4, 0.5) is 11.4 Å². The Morgan fingerprint density at radius 1 is 1.53 bits per heavy atom. The first-order valence-electron chi connectivity index (χ1n) is 5.07. The molecule has 1 aliphatic heterocycles. The molecule has 0 aliphatic carbocycles. The second kappa shape index (κ2) is 4.25. The van der Waals surface area contributed by atoms with E-state index in [0.717, 1.165) is 0 Å². The zero-order chi connectivity index (χ0) is 12.6. The predicted octanol–water partition coefficient (Wildman–Crippen LogP) is 1.36. The second-order valence-corrected chi connectivity index (χ2v) is 4.36. The van der Waals surface area contributed by atoms with Crippen LogP contribution in [0.25, 0.3) is 0 Å². The largest absolute Gasteiger partial charge is 0.481 e. The molecule has 90 valence electrons. The number of rotatable bonds is 2. The Morgan fingerprint density at radius 2 is 2.24 bits per heavy atom. The molecule has 1 fully saturated rings. The first-order chi connectivity index (χ1) is 7.99. The first kappa shape index (κ1) is 11.7. The van der Waals surface area contributed by atoms with Crippen LogP contribution in [0, 0.1) is 5.92 Å². The first-order valence-corrected chi connectivity index (χ1v) is 5.45. The van der Waals surface area contributed by atoms with Gasteiger partial charge in [-0.05, 0) is 18.2 Å². The van der Waals surface area contributed by atoms with Gasteiger partial charge in [-0.2, -0.15) is 0 Å². The molecular weight excluding hydrogens is 244 g/mol. The van der Waals surface area contributed by atoms with Gasteiger partial charge in [0.1, 0.15) is 0 Å². The van der Waals surface area contributed by atoms with Crippen LogP contribution < -0.4 is 10.6 Å². The number of carbonyl (C=O) groups is 2. The number of hydrogen-bond acceptors (Lipinski definition) is 3. The summed E-state index contributed by atoms with van der Waals surface area (Å²) in [5, 5.41) is 9.28. The summed E-state index contributed by atoms with van der Waals surface area (Å²) in [7, 11) is 0. The Bertz CT molecular complexity index is 490. The van der Waals surface area contributed by atoms with E-state index >= 15 is 0 Å². The van der Waals surface area contributed by atoms with E-state index in [1.165, 1.54) is 4.90 Å². The van der Waals surface area contributed by atoms with Crippen molar-refractivity contribution in [2.24, 2.45) is 5.92 Å². The number of nitrogen functional groups attached to an aromatic ring is 1. The number of nitrogens with zero attached hydrogens (tertiary/aromatic N) is 1. The molecule has 1 aromatic carbocycles. The number of benzene rings is 1. The zero-order valence-electron chi connectivity index (χ0n) is 8.89. The van der Waals surface area contributed by atoms with Gasteiger partial charge in [-0.3, -0.25) is 9.59 Å². The van der Waals surface area contributed by atoms with Gasteiger partial charge in [0.2, 0.25) is 5.91 Å². The third kappa shape index (κ3) is 2.19. The standard InChI is InChI=1S/C11H11ClN2O3/c12-8-2-1-7(4-9(8)13)14-5-6(11(16)17)3-10(14)15/h1-2,4,6H,3,5,13H2,(H,16,17). The molecule has 0 saturated carbocycles. The van der Waals surface area contributed by atoms with Gasteiger partial charge in [-0.15, -0.1) is 0 Å². The van der Waals surface area contributed by atoms with Crippen molar-refractivity contribution in [2.45, 2.75) is 6.42 Å². The third-order valence-corrected chi connectivity index (χ3v) is 3.11. The maximum Gasteiger partial charge on any atom is 0.308 e. The van der Waals surface area contributed by atoms with Crippen molar-refractivity contribution in [2.75, 3.05) is 17.2 Å². The lowest BCUT2D eigenvalue weighted by molar-refractivity contribution is -0.141. The molecule has 1 aromatic rings. The Balaban J connectivity index is 2.26. The molecule has 3 N–H and O–H groups in total. The van der Waals surface area contributed by atoms with E-state index in [9.17, 15) is 9.59 Å². The summed E-state index contributed by atoms with van der Waals surface area (Å²) in [6.07, 6.45) is 0.0257. The van der Waals surface area contributed by atoms with Gasteiger partial charge in [0.25, 0.3) is 0 Å². The highest BCUT2D eigenvalue weighted by atomic mass is 35.5. The Kier molecular flexibility index (Phi) is 2.93. The quantitative estimate of drug-likeness (QED) is 0.781. The number of nitrogens with two attached hydrogens (primary N) is 1. The van der Waals surface area contributed by atoms with Crippen molar-refractivity contribution >= 4 is 34.9 Å². The van der Waals surface area contributed by atoms with Crippen LogP contribution in [-0.2, 0) is 9.59 Å². The minimum Gasteiger partial charge on any atom is -0.481 e. The Morgan fingerprint density at radius 3 is 2.76 bits per heavy atom. The Hall–Kier alpha value is -1.75. The maximum atomic E-state index is 11.7. The molecule has 0 spiro atoms. The predicted molar refractivity (Wildman–Crippen MR) is 64.0 cm³/mol. The second-order valence-electron chi connectivity index (χ2n) is 3.95. The molecule has 1 aliphatic rings. The van der Waals surface area contributed by atoms with Gasteiger partial charge in [0.05, 0.1) is 16.6 Å². The number of amides is 1. The van der Waals surface area contributed by atoms with Crippen molar-refractivity contribution in [1.29, 1.82) is 0 Å². The lowest BCUT2D eigenvalue weighted by Gasteiger charge is -2.16. The Labute approximate surface area is 103 Å². The molecule has 1 saturated heterocycles. The molecule has 0 radical (unpaired) electrons. The third-order valence-electron chi connectivity index (χ3n) is 2.77. The van der Waals surface area contributed by atoms with Gasteiger partial charge >= 0.3 is 5.97 Å². The average Bonchev–Trinajstić information content (AvgIpc) is 2.65. The van der Waals surface area contributed by atoms with E-state index in [0.29, 0.717) is 16.4 Å². The van der Waals surface area contributed by atoms with Gasteiger partial charge in [-0.1, -0.05) is 11.6 Å². The van der Waals surface area contributed by atoms with Gasteiger partial charge in [0, 0.05) is 18.7 Å². The van der Waals surface area contributed by atoms with Gasteiger partial charge < -0.3 is 15.7 Å². The van der Waals surface area contributed by atoms with Crippen LogP contribution in [0.5, 0.6) is 0 Å². The van der Waals surface area contributed by atoms with E-state index in [4.69, 9.17) is 22.4 Å². The van der Waals surface area contributed by atoms with Crippen molar-refractivity contribution in [3.8, 4) is 0 Å². The highest BCUT2D eigenvalue weighted by Crippen LogP contribution is 2.29. The van der Waals surface area contributed by atoms with Gasteiger partial charge in [-0.25, -0.2) is 0 Å². The molecule has 1 heterocycles. The smallest absolute Gasteiger partial charge is 0.308 e. The van der Waals surface area contributed by atoms with Crippen molar-refractivity contribution in [1.82, 2.24) is 0 Å². The summed E-state index contributed by atoms with van der Waals surface area (Å²) in [5.41, 5.74) is 6.60. The maximum absolute atomic E-state index is 11.7. The SMILES string of the molecule is Nc1cc(N2CC(C(=O)O)CC2=O)ccc1Cl. The molecule has 0 aromatic heterocycles. The fourth-order valence-electron chi connectivity index (χ4n) is 1.82. The van der Waals surface area contributed by atoms with Crippen molar-refractivity contribution in [3.63, 3.8) is 0 Å². The number of aliphatic carboxylic acids is 1. The number of halogens is 1. The van der Waals surface area contributed by atoms with Crippen LogP contribution >= 0.6 is 11.6 Å². The fraction of sp³-hybridized carbons (Fsp3) is 0.273. The monoisotopic (exact) mass is 254 g/mol. The minimum absolute atomic E-state index is 0.0257. The van der Waals surface area contributed by atoms with E-state index in [1.807, 2.05) is 0 Å². The molecular formula is C11H11ClN2O3. The molecule has 5 nitrogen and oxygen atoms in total. The van der Waals surface area contributed by atoms with Crippen molar-refractivity contribution < 1.29 is 14.7 Å². The summed E-state index contributed by atoms with van der Waals surface area (Å²) in [5.74, 6) is -1.82. The van der Waals surface area contributed by atoms with Crippen molar-refractivity contribution in [3.05, 3.63) is 23.2 Å².